The van der Waals surface area contributed by atoms with E-state index in [0.717, 1.165) is 10.9 Å². The van der Waals surface area contributed by atoms with Crippen molar-refractivity contribution in [3.05, 3.63) is 64.3 Å². The average Bonchev–Trinajstić information content (AvgIpc) is 3.08. The zero-order valence-electron chi connectivity index (χ0n) is 16.0. The summed E-state index contributed by atoms with van der Waals surface area (Å²) in [5.41, 5.74) is 2.21. The molecule has 0 unspecified atom stereocenters. The highest BCUT2D eigenvalue weighted by Gasteiger charge is 2.18. The predicted octanol–water partition coefficient (Wildman–Crippen LogP) is 5.05. The quantitative estimate of drug-likeness (QED) is 0.419. The van der Waals surface area contributed by atoms with E-state index in [0.29, 0.717) is 17.7 Å². The molecule has 0 saturated heterocycles. The van der Waals surface area contributed by atoms with E-state index in [4.69, 9.17) is 27.9 Å². The lowest BCUT2D eigenvalue weighted by Gasteiger charge is -2.12. The van der Waals surface area contributed by atoms with Crippen molar-refractivity contribution in [2.75, 3.05) is 11.9 Å². The molecular formula is C21H19Cl2N3O3. The van der Waals surface area contributed by atoms with Crippen LogP contribution < -0.4 is 10.1 Å². The Hall–Kier alpha value is -2.83. The van der Waals surface area contributed by atoms with Crippen LogP contribution in [0.3, 0.4) is 0 Å². The van der Waals surface area contributed by atoms with Gasteiger partial charge in [0.25, 0.3) is 5.91 Å². The zero-order valence-corrected chi connectivity index (χ0v) is 17.5. The van der Waals surface area contributed by atoms with E-state index in [1.54, 1.807) is 16.9 Å². The highest BCUT2D eigenvalue weighted by molar-refractivity contribution is 6.45. The van der Waals surface area contributed by atoms with E-state index in [9.17, 15) is 9.59 Å². The van der Waals surface area contributed by atoms with Gasteiger partial charge in [0.2, 0.25) is 0 Å². The Morgan fingerprint density at radius 2 is 1.97 bits per heavy atom. The van der Waals surface area contributed by atoms with Crippen LogP contribution in [0.15, 0.2) is 48.7 Å². The van der Waals surface area contributed by atoms with E-state index < -0.39 is 0 Å². The van der Waals surface area contributed by atoms with E-state index in [1.807, 2.05) is 26.1 Å². The number of hydrogen-bond donors (Lipinski definition) is 1. The maximum atomic E-state index is 12.3. The van der Waals surface area contributed by atoms with Crippen LogP contribution in [0.25, 0.3) is 10.9 Å². The van der Waals surface area contributed by atoms with Crippen molar-refractivity contribution in [1.29, 1.82) is 0 Å². The number of allylic oxidation sites excluding steroid dienone is 1. The van der Waals surface area contributed by atoms with E-state index >= 15 is 0 Å². The zero-order chi connectivity index (χ0) is 21.1. The van der Waals surface area contributed by atoms with E-state index in [-0.39, 0.29) is 39.7 Å². The van der Waals surface area contributed by atoms with Crippen molar-refractivity contribution >= 4 is 51.5 Å². The number of benzene rings is 2. The SMILES string of the molecule is C=C(CC)C(=O)c1ccc(OCC(=O)Nc2ccc3cnn(C)c3c2)c(Cl)c1Cl. The number of aromatic nitrogens is 2. The number of carbonyl (C=O) groups excluding carboxylic acids is 2. The summed E-state index contributed by atoms with van der Waals surface area (Å²) >= 11 is 12.4. The molecule has 2 aromatic carbocycles. The van der Waals surface area contributed by atoms with Gasteiger partial charge in [0.05, 0.1) is 16.7 Å². The number of halogens is 2. The maximum absolute atomic E-state index is 12.3. The minimum atomic E-state index is -0.363. The molecule has 0 aliphatic heterocycles. The molecule has 1 amide bonds. The molecule has 1 heterocycles. The lowest BCUT2D eigenvalue weighted by atomic mass is 10.0. The predicted molar refractivity (Wildman–Crippen MR) is 115 cm³/mol. The second kappa shape index (κ2) is 8.68. The second-order valence-corrected chi connectivity index (χ2v) is 7.16. The largest absolute Gasteiger partial charge is 0.482 e. The van der Waals surface area contributed by atoms with Gasteiger partial charge in [0, 0.05) is 23.7 Å². The third kappa shape index (κ3) is 4.44. The molecule has 0 aliphatic carbocycles. The molecule has 0 radical (unpaired) electrons. The molecule has 0 bridgehead atoms. The van der Waals surface area contributed by atoms with Crippen LogP contribution in [0.1, 0.15) is 23.7 Å². The summed E-state index contributed by atoms with van der Waals surface area (Å²) in [5.74, 6) is -0.417. The van der Waals surface area contributed by atoms with Gasteiger partial charge in [-0.3, -0.25) is 14.3 Å². The normalized spacial score (nSPS) is 10.8. The number of Topliss-reactive ketones (excluding diaryl/α,β-unsaturated/α-hetero) is 1. The fourth-order valence-electron chi connectivity index (χ4n) is 2.73. The second-order valence-electron chi connectivity index (χ2n) is 6.40. The topological polar surface area (TPSA) is 73.2 Å². The Kier molecular flexibility index (Phi) is 6.25. The van der Waals surface area contributed by atoms with Crippen molar-refractivity contribution in [2.24, 2.45) is 7.05 Å². The van der Waals surface area contributed by atoms with Gasteiger partial charge in [0.15, 0.2) is 12.4 Å². The molecule has 150 valence electrons. The lowest BCUT2D eigenvalue weighted by Crippen LogP contribution is -2.20. The monoisotopic (exact) mass is 431 g/mol. The number of aryl methyl sites for hydroxylation is 1. The summed E-state index contributed by atoms with van der Waals surface area (Å²) in [4.78, 5) is 24.5. The summed E-state index contributed by atoms with van der Waals surface area (Å²) in [7, 11) is 1.83. The van der Waals surface area contributed by atoms with Crippen LogP contribution in [-0.4, -0.2) is 28.1 Å². The van der Waals surface area contributed by atoms with Crippen LogP contribution in [0, 0.1) is 0 Å². The highest BCUT2D eigenvalue weighted by atomic mass is 35.5. The van der Waals surface area contributed by atoms with Crippen molar-refractivity contribution in [3.8, 4) is 5.75 Å². The van der Waals surface area contributed by atoms with Crippen molar-refractivity contribution in [1.82, 2.24) is 9.78 Å². The molecule has 0 spiro atoms. The molecule has 8 heteroatoms. The van der Waals surface area contributed by atoms with Crippen molar-refractivity contribution in [2.45, 2.75) is 13.3 Å². The summed E-state index contributed by atoms with van der Waals surface area (Å²) in [5, 5.41) is 8.05. The molecule has 0 saturated carbocycles. The summed E-state index contributed by atoms with van der Waals surface area (Å²) in [6, 6.07) is 8.51. The number of anilines is 1. The molecular weight excluding hydrogens is 413 g/mol. The lowest BCUT2D eigenvalue weighted by molar-refractivity contribution is -0.118. The highest BCUT2D eigenvalue weighted by Crippen LogP contribution is 2.35. The Bertz CT molecular complexity index is 1120. The smallest absolute Gasteiger partial charge is 0.262 e. The first-order valence-electron chi connectivity index (χ1n) is 8.86. The van der Waals surface area contributed by atoms with Gasteiger partial charge in [0.1, 0.15) is 10.8 Å². The van der Waals surface area contributed by atoms with E-state index in [2.05, 4.69) is 17.0 Å². The number of nitrogens with one attached hydrogen (secondary N) is 1. The molecule has 1 N–H and O–H groups in total. The third-order valence-corrected chi connectivity index (χ3v) is 5.30. The van der Waals surface area contributed by atoms with Crippen LogP contribution in [-0.2, 0) is 11.8 Å². The minimum absolute atomic E-state index is 0.0746. The van der Waals surface area contributed by atoms with Crippen LogP contribution >= 0.6 is 23.2 Å². The number of ketones is 1. The molecule has 0 atom stereocenters. The first-order valence-corrected chi connectivity index (χ1v) is 9.62. The molecule has 0 aliphatic rings. The van der Waals surface area contributed by atoms with Gasteiger partial charge >= 0.3 is 0 Å². The average molecular weight is 432 g/mol. The number of amides is 1. The Morgan fingerprint density at radius 1 is 1.21 bits per heavy atom. The van der Waals surface area contributed by atoms with Crippen molar-refractivity contribution < 1.29 is 14.3 Å². The molecule has 3 aromatic rings. The molecule has 6 nitrogen and oxygen atoms in total. The van der Waals surface area contributed by atoms with Gasteiger partial charge in [-0.25, -0.2) is 0 Å². The summed E-state index contributed by atoms with van der Waals surface area (Å²) < 4.78 is 7.21. The van der Waals surface area contributed by atoms with Gasteiger partial charge in [-0.05, 0) is 42.3 Å². The Morgan fingerprint density at radius 3 is 2.69 bits per heavy atom. The van der Waals surface area contributed by atoms with Gasteiger partial charge in [-0.1, -0.05) is 36.7 Å². The fraction of sp³-hybridized carbons (Fsp3) is 0.190. The minimum Gasteiger partial charge on any atom is -0.482 e. The first-order chi connectivity index (χ1) is 13.8. The molecule has 0 fully saturated rings. The molecule has 3 rings (SSSR count). The van der Waals surface area contributed by atoms with Gasteiger partial charge in [-0.2, -0.15) is 5.10 Å². The summed E-state index contributed by atoms with van der Waals surface area (Å²) in [6.45, 7) is 5.28. The van der Waals surface area contributed by atoms with Crippen LogP contribution in [0.2, 0.25) is 10.0 Å². The first kappa shape index (κ1) is 20.9. The van der Waals surface area contributed by atoms with Crippen LogP contribution in [0.4, 0.5) is 5.69 Å². The Labute approximate surface area is 178 Å². The Balaban J connectivity index is 1.68. The molecule has 1 aromatic heterocycles. The number of carbonyl (C=O) groups is 2. The summed E-state index contributed by atoms with van der Waals surface area (Å²) in [6.07, 6.45) is 2.26. The van der Waals surface area contributed by atoms with Gasteiger partial charge < -0.3 is 10.1 Å². The number of hydrogen-bond acceptors (Lipinski definition) is 4. The standard InChI is InChI=1S/C21H19Cl2N3O3/c1-4-12(2)21(28)15-7-8-17(20(23)19(15)22)29-11-18(27)25-14-6-5-13-10-24-26(3)16(13)9-14/h5-10H,2,4,11H2,1,3H3,(H,25,27). The molecule has 29 heavy (non-hydrogen) atoms. The fourth-order valence-corrected chi connectivity index (χ4v) is 3.19. The number of fused-ring (bicyclic) bond motifs is 1. The third-order valence-electron chi connectivity index (χ3n) is 4.43. The van der Waals surface area contributed by atoms with Crippen LogP contribution in [0.5, 0.6) is 5.75 Å². The number of nitrogens with zero attached hydrogens (tertiary/aromatic N) is 2. The number of ether oxygens (including phenoxy) is 1. The van der Waals surface area contributed by atoms with Crippen molar-refractivity contribution in [3.63, 3.8) is 0 Å². The van der Waals surface area contributed by atoms with Gasteiger partial charge in [-0.15, -0.1) is 0 Å². The maximum Gasteiger partial charge on any atom is 0.262 e. The number of rotatable bonds is 7. The van der Waals surface area contributed by atoms with E-state index in [1.165, 1.54) is 12.1 Å².